The molecule has 1 fully saturated rings. The summed E-state index contributed by atoms with van der Waals surface area (Å²) in [4.78, 5) is 12.8. The summed E-state index contributed by atoms with van der Waals surface area (Å²) in [6.07, 6.45) is -0.334. The number of carboxylic acid groups (broad SMARTS) is 1. The first-order chi connectivity index (χ1) is 9.29. The Morgan fingerprint density at radius 2 is 2.15 bits per heavy atom. The first-order valence-electron chi connectivity index (χ1n) is 6.81. The van der Waals surface area contributed by atoms with Crippen LogP contribution in [0.15, 0.2) is 24.3 Å². The van der Waals surface area contributed by atoms with E-state index in [4.69, 9.17) is 10.5 Å². The SMILES string of the molecule is CC(C)(C)C1C(Oc2cccc(N)c2)CCN1C(=O)O. The lowest BCUT2D eigenvalue weighted by Crippen LogP contribution is -2.48. The smallest absolute Gasteiger partial charge is 0.407 e. The second-order valence-electron chi connectivity index (χ2n) is 6.30. The Labute approximate surface area is 119 Å². The number of amides is 1. The highest BCUT2D eigenvalue weighted by atomic mass is 16.5. The molecule has 3 N–H and O–H groups in total. The van der Waals surface area contributed by atoms with Crippen molar-refractivity contribution in [1.29, 1.82) is 0 Å². The number of benzene rings is 1. The average Bonchev–Trinajstić information content (AvgIpc) is 2.72. The number of hydrogen-bond acceptors (Lipinski definition) is 3. The fourth-order valence-corrected chi connectivity index (χ4v) is 2.89. The molecule has 1 amide bonds. The number of nitrogens with zero attached hydrogens (tertiary/aromatic N) is 1. The minimum atomic E-state index is -0.886. The molecule has 5 heteroatoms. The Kier molecular flexibility index (Phi) is 3.79. The van der Waals surface area contributed by atoms with Gasteiger partial charge in [-0.15, -0.1) is 0 Å². The molecule has 0 radical (unpaired) electrons. The van der Waals surface area contributed by atoms with Gasteiger partial charge in [-0.2, -0.15) is 0 Å². The molecule has 1 aliphatic heterocycles. The number of hydrogen-bond donors (Lipinski definition) is 2. The summed E-state index contributed by atoms with van der Waals surface area (Å²) in [5.74, 6) is 0.691. The summed E-state index contributed by atoms with van der Waals surface area (Å²) < 4.78 is 5.99. The molecular weight excluding hydrogens is 256 g/mol. The summed E-state index contributed by atoms with van der Waals surface area (Å²) in [5, 5.41) is 9.33. The second kappa shape index (κ2) is 5.23. The molecule has 0 aliphatic carbocycles. The van der Waals surface area contributed by atoms with Crippen LogP contribution in [0.5, 0.6) is 5.75 Å². The molecule has 2 unspecified atom stereocenters. The lowest BCUT2D eigenvalue weighted by atomic mass is 9.84. The molecule has 20 heavy (non-hydrogen) atoms. The lowest BCUT2D eigenvalue weighted by Gasteiger charge is -2.36. The van der Waals surface area contributed by atoms with Gasteiger partial charge in [0.1, 0.15) is 11.9 Å². The largest absolute Gasteiger partial charge is 0.488 e. The third-order valence-corrected chi connectivity index (χ3v) is 3.62. The van der Waals surface area contributed by atoms with Crippen molar-refractivity contribution in [2.75, 3.05) is 12.3 Å². The van der Waals surface area contributed by atoms with Crippen LogP contribution in [0.4, 0.5) is 10.5 Å². The quantitative estimate of drug-likeness (QED) is 0.816. The molecule has 1 saturated heterocycles. The van der Waals surface area contributed by atoms with E-state index in [2.05, 4.69) is 0 Å². The topological polar surface area (TPSA) is 75.8 Å². The van der Waals surface area contributed by atoms with Crippen molar-refractivity contribution in [2.24, 2.45) is 5.41 Å². The van der Waals surface area contributed by atoms with Crippen molar-refractivity contribution in [3.05, 3.63) is 24.3 Å². The molecule has 1 heterocycles. The minimum Gasteiger partial charge on any atom is -0.488 e. The molecule has 0 bridgehead atoms. The van der Waals surface area contributed by atoms with Gasteiger partial charge in [0, 0.05) is 24.7 Å². The average molecular weight is 278 g/mol. The van der Waals surface area contributed by atoms with Crippen LogP contribution < -0.4 is 10.5 Å². The zero-order valence-electron chi connectivity index (χ0n) is 12.2. The monoisotopic (exact) mass is 278 g/mol. The van der Waals surface area contributed by atoms with Crippen LogP contribution in [0, 0.1) is 5.41 Å². The van der Waals surface area contributed by atoms with Crippen LogP contribution in [0.25, 0.3) is 0 Å². The first kappa shape index (κ1) is 14.5. The van der Waals surface area contributed by atoms with E-state index in [1.165, 1.54) is 4.90 Å². The van der Waals surface area contributed by atoms with E-state index in [9.17, 15) is 9.90 Å². The number of ether oxygens (including phenoxy) is 1. The number of likely N-dealkylation sites (tertiary alicyclic amines) is 1. The van der Waals surface area contributed by atoms with Crippen LogP contribution >= 0.6 is 0 Å². The molecule has 0 spiro atoms. The van der Waals surface area contributed by atoms with E-state index in [0.717, 1.165) is 0 Å². The summed E-state index contributed by atoms with van der Waals surface area (Å²) >= 11 is 0. The predicted octanol–water partition coefficient (Wildman–Crippen LogP) is 2.81. The zero-order chi connectivity index (χ0) is 14.9. The maximum atomic E-state index is 11.4. The number of nitrogens with two attached hydrogens (primary N) is 1. The highest BCUT2D eigenvalue weighted by Crippen LogP contribution is 2.35. The Balaban J connectivity index is 2.20. The third-order valence-electron chi connectivity index (χ3n) is 3.62. The number of nitrogen functional groups attached to an aromatic ring is 1. The van der Waals surface area contributed by atoms with Gasteiger partial charge in [-0.05, 0) is 17.5 Å². The molecule has 0 saturated carbocycles. The predicted molar refractivity (Wildman–Crippen MR) is 77.9 cm³/mol. The Hall–Kier alpha value is -1.91. The molecule has 5 nitrogen and oxygen atoms in total. The Morgan fingerprint density at radius 3 is 2.70 bits per heavy atom. The van der Waals surface area contributed by atoms with E-state index >= 15 is 0 Å². The van der Waals surface area contributed by atoms with Gasteiger partial charge in [-0.25, -0.2) is 4.79 Å². The molecule has 0 aromatic heterocycles. The van der Waals surface area contributed by atoms with E-state index in [1.807, 2.05) is 32.9 Å². The van der Waals surface area contributed by atoms with Crippen LogP contribution in [0.3, 0.4) is 0 Å². The fourth-order valence-electron chi connectivity index (χ4n) is 2.89. The van der Waals surface area contributed by atoms with Crippen LogP contribution in [-0.2, 0) is 0 Å². The Bertz CT molecular complexity index is 496. The van der Waals surface area contributed by atoms with E-state index in [-0.39, 0.29) is 17.6 Å². The fraction of sp³-hybridized carbons (Fsp3) is 0.533. The standard InChI is InChI=1S/C15H22N2O3/c1-15(2,3)13-12(7-8-17(13)14(18)19)20-11-6-4-5-10(16)9-11/h4-6,9,12-13H,7-8,16H2,1-3H3,(H,18,19). The molecule has 110 valence electrons. The maximum absolute atomic E-state index is 11.4. The van der Waals surface area contributed by atoms with Gasteiger partial charge in [0.2, 0.25) is 0 Å². The summed E-state index contributed by atoms with van der Waals surface area (Å²) in [6.45, 7) is 6.61. The van der Waals surface area contributed by atoms with Gasteiger partial charge in [0.25, 0.3) is 0 Å². The van der Waals surface area contributed by atoms with Gasteiger partial charge in [0.15, 0.2) is 0 Å². The van der Waals surface area contributed by atoms with Crippen LogP contribution in [0.2, 0.25) is 0 Å². The maximum Gasteiger partial charge on any atom is 0.407 e. The third kappa shape index (κ3) is 2.98. The van der Waals surface area contributed by atoms with Crippen LogP contribution in [0.1, 0.15) is 27.2 Å². The van der Waals surface area contributed by atoms with E-state index in [1.54, 1.807) is 12.1 Å². The first-order valence-corrected chi connectivity index (χ1v) is 6.81. The van der Waals surface area contributed by atoms with E-state index in [0.29, 0.717) is 24.4 Å². The number of rotatable bonds is 2. The molecule has 1 aromatic carbocycles. The van der Waals surface area contributed by atoms with Crippen molar-refractivity contribution in [3.8, 4) is 5.75 Å². The van der Waals surface area contributed by atoms with Gasteiger partial charge in [-0.3, -0.25) is 0 Å². The summed E-state index contributed by atoms with van der Waals surface area (Å²) in [7, 11) is 0. The van der Waals surface area contributed by atoms with Crippen molar-refractivity contribution in [1.82, 2.24) is 4.90 Å². The van der Waals surface area contributed by atoms with E-state index < -0.39 is 6.09 Å². The van der Waals surface area contributed by atoms with Crippen molar-refractivity contribution < 1.29 is 14.6 Å². The van der Waals surface area contributed by atoms with Gasteiger partial charge >= 0.3 is 6.09 Å². The highest BCUT2D eigenvalue weighted by Gasteiger charge is 2.45. The molecular formula is C15H22N2O3. The second-order valence-corrected chi connectivity index (χ2v) is 6.30. The van der Waals surface area contributed by atoms with Gasteiger partial charge in [-0.1, -0.05) is 26.8 Å². The normalized spacial score (nSPS) is 22.9. The highest BCUT2D eigenvalue weighted by molar-refractivity contribution is 5.66. The van der Waals surface area contributed by atoms with Crippen molar-refractivity contribution in [2.45, 2.75) is 39.3 Å². The molecule has 2 rings (SSSR count). The molecule has 1 aliphatic rings. The lowest BCUT2D eigenvalue weighted by molar-refractivity contribution is 0.0572. The minimum absolute atomic E-state index is 0.145. The van der Waals surface area contributed by atoms with Gasteiger partial charge < -0.3 is 20.5 Å². The number of anilines is 1. The van der Waals surface area contributed by atoms with Crippen molar-refractivity contribution in [3.63, 3.8) is 0 Å². The number of carbonyl (C=O) groups is 1. The van der Waals surface area contributed by atoms with Crippen molar-refractivity contribution >= 4 is 11.8 Å². The van der Waals surface area contributed by atoms with Gasteiger partial charge in [0.05, 0.1) is 6.04 Å². The molecule has 1 aromatic rings. The zero-order valence-corrected chi connectivity index (χ0v) is 12.2. The van der Waals surface area contributed by atoms with Crippen LogP contribution in [-0.4, -0.2) is 34.8 Å². The Morgan fingerprint density at radius 1 is 1.45 bits per heavy atom. The summed E-state index contributed by atoms with van der Waals surface area (Å²) in [5.41, 5.74) is 6.21. The molecule has 2 atom stereocenters. The summed E-state index contributed by atoms with van der Waals surface area (Å²) in [6, 6.07) is 7.08.